The zero-order valence-electron chi connectivity index (χ0n) is 7.95. The van der Waals surface area contributed by atoms with Crippen LogP contribution in [0, 0.1) is 0 Å². The number of rotatable bonds is 3. The van der Waals surface area contributed by atoms with Crippen molar-refractivity contribution in [3.8, 4) is 5.75 Å². The fraction of sp³-hybridized carbons (Fsp3) is 0.125. The number of hydrazine groups is 1. The number of hydrogen-bond acceptors (Lipinski definition) is 4. The third kappa shape index (κ3) is 3.65. The molecule has 0 saturated carbocycles. The van der Waals surface area contributed by atoms with Crippen molar-refractivity contribution in [1.82, 2.24) is 5.53 Å². The number of halogens is 3. The number of nitrogens with one attached hydrogen (secondary N) is 1. The second-order valence-electron chi connectivity index (χ2n) is 2.70. The number of nitrogens with zero attached hydrogens (tertiary/aromatic N) is 1. The number of amidine groups is 1. The van der Waals surface area contributed by atoms with Crippen molar-refractivity contribution in [1.29, 1.82) is 0 Å². The third-order valence-corrected chi connectivity index (χ3v) is 1.55. The summed E-state index contributed by atoms with van der Waals surface area (Å²) < 4.78 is 39.4. The monoisotopic (exact) mass is 234 g/mol. The van der Waals surface area contributed by atoms with Crippen molar-refractivity contribution in [3.05, 3.63) is 29.8 Å². The molecule has 1 aromatic rings. The quantitative estimate of drug-likeness (QED) is 0.310. The van der Waals surface area contributed by atoms with E-state index in [1.54, 1.807) is 0 Å². The maximum absolute atomic E-state index is 11.9. The van der Waals surface area contributed by atoms with Gasteiger partial charge in [-0.3, -0.25) is 0 Å². The molecule has 16 heavy (non-hydrogen) atoms. The highest BCUT2D eigenvalue weighted by atomic mass is 19.4. The first-order valence-electron chi connectivity index (χ1n) is 4.07. The molecule has 88 valence electrons. The van der Waals surface area contributed by atoms with E-state index >= 15 is 0 Å². The maximum Gasteiger partial charge on any atom is 0.573 e. The first kappa shape index (κ1) is 12.1. The van der Waals surface area contributed by atoms with Gasteiger partial charge in [-0.2, -0.15) is 0 Å². The number of benzene rings is 1. The molecule has 0 heterocycles. The Labute approximate surface area is 88.8 Å². The average Bonchev–Trinajstić information content (AvgIpc) is 2.16. The second kappa shape index (κ2) is 4.71. The molecule has 0 amide bonds. The van der Waals surface area contributed by atoms with Gasteiger partial charge in [-0.05, 0) is 12.1 Å². The number of alkyl halides is 3. The highest BCUT2D eigenvalue weighted by Gasteiger charge is 2.31. The van der Waals surface area contributed by atoms with Gasteiger partial charge in [-0.1, -0.05) is 12.1 Å². The molecule has 0 spiro atoms. The zero-order valence-corrected chi connectivity index (χ0v) is 7.95. The van der Waals surface area contributed by atoms with Crippen LogP contribution in [0.15, 0.2) is 29.4 Å². The summed E-state index contributed by atoms with van der Waals surface area (Å²) >= 11 is 0. The lowest BCUT2D eigenvalue weighted by atomic mass is 10.2. The molecule has 0 fully saturated rings. The third-order valence-electron chi connectivity index (χ3n) is 1.55. The Bertz CT molecular complexity index is 391. The number of hydrogen-bond donors (Lipinski definition) is 3. The Kier molecular flexibility index (Phi) is 3.56. The van der Waals surface area contributed by atoms with E-state index in [-0.39, 0.29) is 17.1 Å². The van der Waals surface area contributed by atoms with Crippen LogP contribution in [-0.4, -0.2) is 12.2 Å². The Morgan fingerprint density at radius 2 is 2.06 bits per heavy atom. The van der Waals surface area contributed by atoms with Gasteiger partial charge in [0.25, 0.3) is 0 Å². The van der Waals surface area contributed by atoms with Crippen LogP contribution in [0.5, 0.6) is 5.75 Å². The molecule has 0 aliphatic carbocycles. The number of hydrazone groups is 1. The molecule has 0 aromatic heterocycles. The van der Waals surface area contributed by atoms with Crippen LogP contribution >= 0.6 is 0 Å². The van der Waals surface area contributed by atoms with Gasteiger partial charge in [0, 0.05) is 5.56 Å². The smallest absolute Gasteiger partial charge is 0.406 e. The van der Waals surface area contributed by atoms with Gasteiger partial charge >= 0.3 is 6.36 Å². The normalized spacial score (nSPS) is 12.4. The van der Waals surface area contributed by atoms with E-state index < -0.39 is 6.36 Å². The van der Waals surface area contributed by atoms with Gasteiger partial charge in [-0.15, -0.1) is 18.3 Å². The molecule has 0 atom stereocenters. The minimum Gasteiger partial charge on any atom is -0.406 e. The summed E-state index contributed by atoms with van der Waals surface area (Å²) in [6.45, 7) is 0. The summed E-state index contributed by atoms with van der Waals surface area (Å²) in [7, 11) is 0. The fourth-order valence-electron chi connectivity index (χ4n) is 0.987. The van der Waals surface area contributed by atoms with Crippen molar-refractivity contribution in [2.24, 2.45) is 16.7 Å². The Morgan fingerprint density at radius 3 is 2.62 bits per heavy atom. The number of ether oxygens (including phenoxy) is 1. The summed E-state index contributed by atoms with van der Waals surface area (Å²) in [5, 5.41) is 3.42. The van der Waals surface area contributed by atoms with E-state index in [9.17, 15) is 13.2 Å². The first-order chi connectivity index (χ1) is 7.42. The lowest BCUT2D eigenvalue weighted by molar-refractivity contribution is -0.274. The second-order valence-corrected chi connectivity index (χ2v) is 2.70. The van der Waals surface area contributed by atoms with Crippen LogP contribution in [0.2, 0.25) is 0 Å². The van der Waals surface area contributed by atoms with E-state index in [2.05, 4.69) is 9.84 Å². The summed E-state index contributed by atoms with van der Waals surface area (Å²) in [5.41, 5.74) is 7.61. The Hall–Kier alpha value is -1.96. The largest absolute Gasteiger partial charge is 0.573 e. The van der Waals surface area contributed by atoms with Crippen molar-refractivity contribution >= 4 is 5.84 Å². The molecule has 0 aliphatic rings. The predicted octanol–water partition coefficient (Wildman–Crippen LogP) is 0.669. The molecule has 5 N–H and O–H groups in total. The topological polar surface area (TPSA) is 85.7 Å². The molecular formula is C8H9F3N4O. The molecular weight excluding hydrogens is 225 g/mol. The summed E-state index contributed by atoms with van der Waals surface area (Å²) in [5.74, 6) is 4.46. The highest BCUT2D eigenvalue weighted by molar-refractivity contribution is 5.97. The number of nitrogens with two attached hydrogens (primary N) is 2. The van der Waals surface area contributed by atoms with E-state index in [0.29, 0.717) is 0 Å². The van der Waals surface area contributed by atoms with Crippen LogP contribution in [0.4, 0.5) is 13.2 Å². The van der Waals surface area contributed by atoms with Crippen LogP contribution in [0.1, 0.15) is 5.56 Å². The average molecular weight is 234 g/mol. The first-order valence-corrected chi connectivity index (χ1v) is 4.07. The molecule has 1 aromatic carbocycles. The standard InChI is InChI=1S/C8H9F3N4O/c9-8(10,11)16-6-3-1-2-5(4-6)7(12)14-15-13/h1-4,15H,13H2,(H2,12,14). The van der Waals surface area contributed by atoms with E-state index in [1.807, 2.05) is 5.53 Å². The van der Waals surface area contributed by atoms with Gasteiger partial charge in [0.15, 0.2) is 5.84 Å². The molecule has 5 nitrogen and oxygen atoms in total. The van der Waals surface area contributed by atoms with E-state index in [0.717, 1.165) is 12.1 Å². The molecule has 0 unspecified atom stereocenters. The molecule has 8 heteroatoms. The summed E-state index contributed by atoms with van der Waals surface area (Å²) in [6, 6.07) is 5.08. The van der Waals surface area contributed by atoms with Crippen LogP contribution < -0.4 is 21.8 Å². The van der Waals surface area contributed by atoms with Crippen molar-refractivity contribution in [2.75, 3.05) is 0 Å². The minimum absolute atomic E-state index is 0.0462. The fourth-order valence-corrected chi connectivity index (χ4v) is 0.987. The SMILES string of the molecule is NN/N=C(\N)c1cccc(OC(F)(F)F)c1. The zero-order chi connectivity index (χ0) is 12.2. The Morgan fingerprint density at radius 1 is 1.38 bits per heavy atom. The van der Waals surface area contributed by atoms with E-state index in [1.165, 1.54) is 12.1 Å². The van der Waals surface area contributed by atoms with Crippen molar-refractivity contribution in [2.45, 2.75) is 6.36 Å². The minimum atomic E-state index is -4.74. The molecule has 0 saturated heterocycles. The molecule has 0 aliphatic heterocycles. The van der Waals surface area contributed by atoms with Gasteiger partial charge < -0.3 is 10.5 Å². The van der Waals surface area contributed by atoms with Crippen molar-refractivity contribution < 1.29 is 17.9 Å². The van der Waals surface area contributed by atoms with Crippen LogP contribution in [0.25, 0.3) is 0 Å². The maximum atomic E-state index is 11.9. The predicted molar refractivity (Wildman–Crippen MR) is 51.2 cm³/mol. The lowest BCUT2D eigenvalue weighted by Gasteiger charge is -2.09. The van der Waals surface area contributed by atoms with Gasteiger partial charge in [0.2, 0.25) is 0 Å². The molecule has 0 bridgehead atoms. The summed E-state index contributed by atoms with van der Waals surface area (Å²) in [4.78, 5) is 0. The van der Waals surface area contributed by atoms with Gasteiger partial charge in [0.1, 0.15) is 5.75 Å². The highest BCUT2D eigenvalue weighted by Crippen LogP contribution is 2.23. The van der Waals surface area contributed by atoms with Crippen LogP contribution in [-0.2, 0) is 0 Å². The van der Waals surface area contributed by atoms with Gasteiger partial charge in [0.05, 0.1) is 0 Å². The lowest BCUT2D eigenvalue weighted by Crippen LogP contribution is -2.23. The summed E-state index contributed by atoms with van der Waals surface area (Å²) in [6.07, 6.45) is -4.74. The van der Waals surface area contributed by atoms with Crippen molar-refractivity contribution in [3.63, 3.8) is 0 Å². The molecule has 0 radical (unpaired) electrons. The van der Waals surface area contributed by atoms with Gasteiger partial charge in [-0.25, -0.2) is 11.4 Å². The van der Waals surface area contributed by atoms with Crippen LogP contribution in [0.3, 0.4) is 0 Å². The van der Waals surface area contributed by atoms with E-state index in [4.69, 9.17) is 11.6 Å². The Balaban J connectivity index is 2.91. The molecule has 1 rings (SSSR count).